The molecule has 2 heterocycles. The van der Waals surface area contributed by atoms with Gasteiger partial charge in [-0.15, -0.1) is 6.58 Å². The first-order valence-corrected chi connectivity index (χ1v) is 10.2. The molecule has 1 fully saturated rings. The van der Waals surface area contributed by atoms with Crippen molar-refractivity contribution in [1.82, 2.24) is 20.1 Å². The quantitative estimate of drug-likeness (QED) is 0.179. The van der Waals surface area contributed by atoms with Gasteiger partial charge in [-0.05, 0) is 25.5 Å². The molecule has 9 nitrogen and oxygen atoms in total. The second-order valence-electron chi connectivity index (χ2n) is 7.34. The number of piperazine rings is 1. The normalized spacial score (nSPS) is 19.0. The Kier molecular flexibility index (Phi) is 8.82. The van der Waals surface area contributed by atoms with Crippen molar-refractivity contribution in [2.24, 2.45) is 16.6 Å². The molecule has 30 heavy (non-hydrogen) atoms. The summed E-state index contributed by atoms with van der Waals surface area (Å²) in [6.07, 6.45) is 6.44. The third-order valence-electron chi connectivity index (χ3n) is 5.42. The minimum atomic E-state index is -0.311. The number of aliphatic hydroxyl groups is 1. The maximum Gasteiger partial charge on any atom is 0.141 e. The van der Waals surface area contributed by atoms with E-state index in [1.807, 2.05) is 30.9 Å². The molecule has 1 aromatic heterocycles. The first kappa shape index (κ1) is 23.4. The standard InChI is InChI=1S/C21H34N8O/c1-4-6-19(28-11-9-25-10-12-28)29(14-23)21(17-7-5-8-26-20(17)24)27-16(3)15(2)18(30)13-22/h4-5,7-8,13-16,19,23,25,30H,1,6,9-12,22H2,2-3H3,(H2,24,26)/b18-13?,23-14?,27-21-/t15-,16+,19?/m1/s1. The summed E-state index contributed by atoms with van der Waals surface area (Å²) in [6, 6.07) is 3.33. The van der Waals surface area contributed by atoms with E-state index in [9.17, 15) is 5.11 Å². The molecule has 3 atom stereocenters. The Morgan fingerprint density at radius 2 is 2.17 bits per heavy atom. The second kappa shape index (κ2) is 11.3. The van der Waals surface area contributed by atoms with Crippen molar-refractivity contribution in [2.45, 2.75) is 32.5 Å². The van der Waals surface area contributed by atoms with Crippen molar-refractivity contribution in [3.8, 4) is 0 Å². The van der Waals surface area contributed by atoms with Gasteiger partial charge in [-0.3, -0.25) is 15.3 Å². The molecule has 0 radical (unpaired) electrons. The van der Waals surface area contributed by atoms with Gasteiger partial charge in [0.2, 0.25) is 0 Å². The Morgan fingerprint density at radius 1 is 1.47 bits per heavy atom. The lowest BCUT2D eigenvalue weighted by Gasteiger charge is -2.41. The van der Waals surface area contributed by atoms with Gasteiger partial charge in [-0.25, -0.2) is 4.98 Å². The van der Waals surface area contributed by atoms with E-state index in [0.717, 1.165) is 26.2 Å². The third-order valence-corrected chi connectivity index (χ3v) is 5.42. The Hall–Kier alpha value is -2.91. The van der Waals surface area contributed by atoms with Crippen LogP contribution in [0.25, 0.3) is 0 Å². The van der Waals surface area contributed by atoms with E-state index in [-0.39, 0.29) is 23.9 Å². The monoisotopic (exact) mass is 414 g/mol. The molecule has 0 amide bonds. The number of nitrogen functional groups attached to an aromatic ring is 1. The summed E-state index contributed by atoms with van der Waals surface area (Å²) in [4.78, 5) is 13.2. The number of amidine groups is 1. The van der Waals surface area contributed by atoms with Crippen LogP contribution in [0.1, 0.15) is 25.8 Å². The lowest BCUT2D eigenvalue weighted by Crippen LogP contribution is -2.56. The van der Waals surface area contributed by atoms with Crippen LogP contribution in [-0.2, 0) is 0 Å². The minimum absolute atomic E-state index is 0.0657. The number of aliphatic imine (C=N–C) groups is 1. The van der Waals surface area contributed by atoms with Gasteiger partial charge in [0.1, 0.15) is 17.4 Å². The molecular formula is C21H34N8O. The van der Waals surface area contributed by atoms with Crippen molar-refractivity contribution in [3.63, 3.8) is 0 Å². The predicted octanol–water partition coefficient (Wildman–Crippen LogP) is 1.51. The molecule has 0 bridgehead atoms. The maximum absolute atomic E-state index is 10.1. The highest BCUT2D eigenvalue weighted by atomic mass is 16.3. The van der Waals surface area contributed by atoms with Crippen molar-refractivity contribution in [2.75, 3.05) is 31.9 Å². The Morgan fingerprint density at radius 3 is 2.73 bits per heavy atom. The highest BCUT2D eigenvalue weighted by molar-refractivity contribution is 6.07. The van der Waals surface area contributed by atoms with Gasteiger partial charge < -0.3 is 26.8 Å². The number of aromatic nitrogens is 1. The van der Waals surface area contributed by atoms with E-state index in [0.29, 0.717) is 23.6 Å². The summed E-state index contributed by atoms with van der Waals surface area (Å²) in [6.45, 7) is 11.1. The molecule has 0 saturated carbocycles. The number of rotatable bonds is 9. The largest absolute Gasteiger partial charge is 0.510 e. The highest BCUT2D eigenvalue weighted by Crippen LogP contribution is 2.22. The Balaban J connectivity index is 2.54. The molecule has 164 valence electrons. The molecule has 1 aliphatic rings. The molecule has 1 aromatic rings. The topological polar surface area (TPSA) is 140 Å². The van der Waals surface area contributed by atoms with Gasteiger partial charge in [0.25, 0.3) is 0 Å². The van der Waals surface area contributed by atoms with E-state index >= 15 is 0 Å². The summed E-state index contributed by atoms with van der Waals surface area (Å²) in [5.74, 6) is 0.632. The molecular weight excluding hydrogens is 380 g/mol. The van der Waals surface area contributed by atoms with Gasteiger partial charge in [-0.2, -0.15) is 0 Å². The molecule has 0 spiro atoms. The molecule has 1 unspecified atom stereocenters. The number of pyridine rings is 1. The SMILES string of the molecule is C=CCC(N1CCNCC1)N(C=N)/C(=N\[C@@H](C)[C@@H](C)C(O)=CN)c1cccnc1N. The Bertz CT molecular complexity index is 772. The van der Waals surface area contributed by atoms with Gasteiger partial charge >= 0.3 is 0 Å². The molecule has 7 N–H and O–H groups in total. The first-order valence-electron chi connectivity index (χ1n) is 10.2. The van der Waals surface area contributed by atoms with E-state index < -0.39 is 0 Å². The maximum atomic E-state index is 10.1. The lowest BCUT2D eigenvalue weighted by atomic mass is 10.0. The van der Waals surface area contributed by atoms with Gasteiger partial charge in [-0.1, -0.05) is 13.0 Å². The van der Waals surface area contributed by atoms with E-state index in [1.165, 1.54) is 12.5 Å². The summed E-state index contributed by atoms with van der Waals surface area (Å²) in [5.41, 5.74) is 12.3. The van der Waals surface area contributed by atoms with Gasteiger partial charge in [0, 0.05) is 44.5 Å². The first-order chi connectivity index (χ1) is 14.4. The summed E-state index contributed by atoms with van der Waals surface area (Å²) in [5, 5.41) is 21.6. The van der Waals surface area contributed by atoms with Crippen LogP contribution in [0.15, 0.2) is 47.9 Å². The Labute approximate surface area is 178 Å². The number of aliphatic hydroxyl groups excluding tert-OH is 1. The van der Waals surface area contributed by atoms with E-state index in [2.05, 4.69) is 21.8 Å². The zero-order valence-electron chi connectivity index (χ0n) is 17.8. The number of nitrogens with one attached hydrogen (secondary N) is 2. The number of hydrogen-bond acceptors (Lipinski definition) is 8. The summed E-state index contributed by atoms with van der Waals surface area (Å²) in [7, 11) is 0. The highest BCUT2D eigenvalue weighted by Gasteiger charge is 2.29. The molecule has 1 saturated heterocycles. The van der Waals surface area contributed by atoms with Crippen LogP contribution in [0.3, 0.4) is 0 Å². The smallest absolute Gasteiger partial charge is 0.141 e. The van der Waals surface area contributed by atoms with Crippen LogP contribution in [0.5, 0.6) is 0 Å². The average Bonchev–Trinajstić information content (AvgIpc) is 2.78. The zero-order chi connectivity index (χ0) is 22.1. The molecule has 0 aliphatic carbocycles. The zero-order valence-corrected chi connectivity index (χ0v) is 17.8. The molecule has 0 aromatic carbocycles. The third kappa shape index (κ3) is 5.58. The average molecular weight is 415 g/mol. The second-order valence-corrected chi connectivity index (χ2v) is 7.34. The van der Waals surface area contributed by atoms with Crippen LogP contribution in [-0.4, -0.2) is 70.5 Å². The van der Waals surface area contributed by atoms with Crippen LogP contribution in [0, 0.1) is 11.3 Å². The van der Waals surface area contributed by atoms with Gasteiger partial charge in [0.05, 0.1) is 24.1 Å². The fourth-order valence-corrected chi connectivity index (χ4v) is 3.44. The van der Waals surface area contributed by atoms with Crippen LogP contribution < -0.4 is 16.8 Å². The number of nitrogens with two attached hydrogens (primary N) is 2. The fraction of sp³-hybridized carbons (Fsp3) is 0.476. The molecule has 2 rings (SSSR count). The van der Waals surface area contributed by atoms with Crippen molar-refractivity contribution < 1.29 is 5.11 Å². The van der Waals surface area contributed by atoms with Crippen LogP contribution in [0.2, 0.25) is 0 Å². The van der Waals surface area contributed by atoms with Crippen molar-refractivity contribution >= 4 is 18.0 Å². The molecule has 1 aliphatic heterocycles. The lowest BCUT2D eigenvalue weighted by molar-refractivity contribution is 0.117. The van der Waals surface area contributed by atoms with Crippen molar-refractivity contribution in [1.29, 1.82) is 5.41 Å². The van der Waals surface area contributed by atoms with Gasteiger partial charge in [0.15, 0.2) is 0 Å². The fourth-order valence-electron chi connectivity index (χ4n) is 3.44. The number of nitrogens with zero attached hydrogens (tertiary/aromatic N) is 4. The number of anilines is 1. The number of hydrogen-bond donors (Lipinski definition) is 5. The van der Waals surface area contributed by atoms with E-state index in [1.54, 1.807) is 12.3 Å². The minimum Gasteiger partial charge on any atom is -0.510 e. The van der Waals surface area contributed by atoms with Crippen LogP contribution >= 0.6 is 0 Å². The molecule has 9 heteroatoms. The van der Waals surface area contributed by atoms with Crippen molar-refractivity contribution in [3.05, 3.63) is 48.5 Å². The predicted molar refractivity (Wildman–Crippen MR) is 122 cm³/mol. The summed E-state index contributed by atoms with van der Waals surface area (Å²) < 4.78 is 0. The van der Waals surface area contributed by atoms with Crippen LogP contribution in [0.4, 0.5) is 5.82 Å². The summed E-state index contributed by atoms with van der Waals surface area (Å²) >= 11 is 0. The van der Waals surface area contributed by atoms with E-state index in [4.69, 9.17) is 21.9 Å².